The number of aromatic amines is 1. The van der Waals surface area contributed by atoms with Gasteiger partial charge in [0.2, 0.25) is 0 Å². The minimum atomic E-state index is -4.66. The Bertz CT molecular complexity index is 1590. The monoisotopic (exact) mass is 597 g/mol. The lowest BCUT2D eigenvalue weighted by molar-refractivity contribution is -0.204. The summed E-state index contributed by atoms with van der Waals surface area (Å²) in [4.78, 5) is 37.9. The average molecular weight is 598 g/mol. The molecule has 15 heteroatoms. The van der Waals surface area contributed by atoms with E-state index in [4.69, 9.17) is 18.5 Å². The first-order valence-electron chi connectivity index (χ1n) is 12.6. The highest BCUT2D eigenvalue weighted by molar-refractivity contribution is 7.52. The molecule has 2 heterocycles. The van der Waals surface area contributed by atoms with E-state index in [2.05, 4.69) is 5.09 Å². The van der Waals surface area contributed by atoms with E-state index >= 15 is 8.78 Å². The van der Waals surface area contributed by atoms with Crippen molar-refractivity contribution in [2.45, 2.75) is 63.7 Å². The van der Waals surface area contributed by atoms with Gasteiger partial charge in [-0.05, 0) is 50.6 Å². The van der Waals surface area contributed by atoms with Crippen LogP contribution in [0, 0.1) is 0 Å². The van der Waals surface area contributed by atoms with Gasteiger partial charge >= 0.3 is 19.4 Å². The highest BCUT2D eigenvalue weighted by atomic mass is 31.2. The Morgan fingerprint density at radius 2 is 1.85 bits per heavy atom. The van der Waals surface area contributed by atoms with E-state index in [1.165, 1.54) is 19.1 Å². The normalized spacial score (nSPS) is 26.5. The highest BCUT2D eigenvalue weighted by Gasteiger charge is 2.65. The first-order chi connectivity index (χ1) is 19.1. The van der Waals surface area contributed by atoms with Crippen LogP contribution in [0.25, 0.3) is 10.8 Å². The molecule has 3 aromatic rings. The molecular formula is C26H30F2N3O9P. The zero-order valence-electron chi connectivity index (χ0n) is 22.6. The predicted octanol–water partition coefficient (Wildman–Crippen LogP) is 3.11. The molecule has 1 fully saturated rings. The summed E-state index contributed by atoms with van der Waals surface area (Å²) in [6.07, 6.45) is -4.21. The van der Waals surface area contributed by atoms with Crippen LogP contribution in [0.15, 0.2) is 64.3 Å². The van der Waals surface area contributed by atoms with Gasteiger partial charge in [-0.25, -0.2) is 18.1 Å². The molecular weight excluding hydrogens is 567 g/mol. The first kappa shape index (κ1) is 30.5. The Balaban J connectivity index is 1.62. The van der Waals surface area contributed by atoms with Crippen LogP contribution in [0.3, 0.4) is 0 Å². The van der Waals surface area contributed by atoms with Crippen LogP contribution in [0.5, 0.6) is 5.75 Å². The third kappa shape index (κ3) is 6.57. The smallest absolute Gasteiger partial charge is 0.459 e. The number of fused-ring (bicyclic) bond motifs is 1. The summed E-state index contributed by atoms with van der Waals surface area (Å²) in [5.74, 6) is -4.14. The van der Waals surface area contributed by atoms with Crippen LogP contribution in [0.4, 0.5) is 8.78 Å². The summed E-state index contributed by atoms with van der Waals surface area (Å²) < 4.78 is 67.1. The highest BCUT2D eigenvalue weighted by Crippen LogP contribution is 2.51. The number of aromatic nitrogens is 2. The summed E-state index contributed by atoms with van der Waals surface area (Å²) >= 11 is 0. The van der Waals surface area contributed by atoms with Crippen LogP contribution in [0.2, 0.25) is 0 Å². The number of aliphatic hydroxyl groups excluding tert-OH is 1. The van der Waals surface area contributed by atoms with E-state index in [0.29, 0.717) is 9.95 Å². The molecule has 0 bridgehead atoms. The Morgan fingerprint density at radius 3 is 2.51 bits per heavy atom. The van der Waals surface area contributed by atoms with Gasteiger partial charge in [-0.1, -0.05) is 30.3 Å². The molecule has 1 saturated heterocycles. The molecule has 1 aliphatic heterocycles. The molecule has 0 radical (unpaired) electrons. The molecule has 1 aromatic heterocycles. The number of ether oxygens (including phenoxy) is 2. The lowest BCUT2D eigenvalue weighted by atomic mass is 9.97. The van der Waals surface area contributed by atoms with Gasteiger partial charge < -0.3 is 19.1 Å². The quantitative estimate of drug-likeness (QED) is 0.234. The van der Waals surface area contributed by atoms with Crippen molar-refractivity contribution in [1.82, 2.24) is 14.6 Å². The van der Waals surface area contributed by atoms with Crippen molar-refractivity contribution in [2.75, 3.05) is 6.61 Å². The van der Waals surface area contributed by atoms with E-state index in [-0.39, 0.29) is 5.75 Å². The zero-order valence-corrected chi connectivity index (χ0v) is 23.5. The van der Waals surface area contributed by atoms with Crippen LogP contribution < -0.4 is 20.9 Å². The average Bonchev–Trinajstić information content (AvgIpc) is 3.07. The maximum atomic E-state index is 16.0. The fraction of sp³-hybridized carbons (Fsp3) is 0.423. The largest absolute Gasteiger partial charge is 0.462 e. The number of hydrogen-bond acceptors (Lipinski definition) is 9. The molecule has 12 nitrogen and oxygen atoms in total. The van der Waals surface area contributed by atoms with Crippen LogP contribution in [-0.2, 0) is 23.4 Å². The zero-order chi connectivity index (χ0) is 30.2. The Morgan fingerprint density at radius 1 is 1.17 bits per heavy atom. The summed E-state index contributed by atoms with van der Waals surface area (Å²) in [6, 6.07) is 11.5. The number of H-pyrrole nitrogens is 1. The number of aliphatic hydroxyl groups is 1. The SMILES string of the molecule is CC(C)OC(=O)[C@H](C)N[P@@](=O)(OC[C@@]1(F)O[C@@H](n2ccc(=O)[nH]c2=O)[C@](C)(F)[C@@H]1O)Oc1ccc2ccccc2c1. The third-order valence-electron chi connectivity index (χ3n) is 6.27. The standard InChI is InChI=1S/C26H30F2N3O9P/c1-15(2)38-21(33)16(3)30-41(36,40-19-10-9-17-7-5-6-8-18(17)13-19)37-14-26(28)22(34)25(4,27)23(39-26)31-12-11-20(32)29-24(31)35/h5-13,15-16,22-23,34H,14H2,1-4H3,(H,30,36)(H,29,32,35)/t16-,22-,23+,25+,26+,41+/m0/s1. The van der Waals surface area contributed by atoms with Gasteiger partial charge in [-0.3, -0.25) is 23.7 Å². The lowest BCUT2D eigenvalue weighted by Gasteiger charge is -2.28. The Labute approximate surface area is 232 Å². The summed E-state index contributed by atoms with van der Waals surface area (Å²) in [7, 11) is -4.66. The summed E-state index contributed by atoms with van der Waals surface area (Å²) in [5, 5.41) is 14.5. The molecule has 222 valence electrons. The molecule has 0 unspecified atom stereocenters. The molecule has 0 aliphatic carbocycles. The second-order valence-electron chi connectivity index (χ2n) is 10.0. The van der Waals surface area contributed by atoms with Crippen LogP contribution in [0.1, 0.15) is 33.9 Å². The number of benzene rings is 2. The number of nitrogens with one attached hydrogen (secondary N) is 2. The number of esters is 1. The number of rotatable bonds is 10. The molecule has 2 aromatic carbocycles. The van der Waals surface area contributed by atoms with Gasteiger partial charge in [0.05, 0.1) is 6.10 Å². The lowest BCUT2D eigenvalue weighted by Crippen LogP contribution is -2.47. The number of nitrogens with zero attached hydrogens (tertiary/aromatic N) is 1. The fourth-order valence-corrected chi connectivity index (χ4v) is 5.72. The minimum absolute atomic E-state index is 0.0257. The molecule has 41 heavy (non-hydrogen) atoms. The van der Waals surface area contributed by atoms with Crippen molar-refractivity contribution >= 4 is 24.5 Å². The van der Waals surface area contributed by atoms with Crippen molar-refractivity contribution in [3.8, 4) is 5.75 Å². The van der Waals surface area contributed by atoms with Gasteiger partial charge in [0.25, 0.3) is 11.4 Å². The maximum absolute atomic E-state index is 16.0. The van der Waals surface area contributed by atoms with Crippen molar-refractivity contribution in [2.24, 2.45) is 0 Å². The van der Waals surface area contributed by atoms with Crippen molar-refractivity contribution in [3.05, 3.63) is 75.6 Å². The van der Waals surface area contributed by atoms with E-state index in [9.17, 15) is 24.1 Å². The molecule has 0 saturated carbocycles. The Kier molecular flexibility index (Phi) is 8.53. The maximum Gasteiger partial charge on any atom is 0.459 e. The predicted molar refractivity (Wildman–Crippen MR) is 143 cm³/mol. The Hall–Kier alpha value is -3.42. The minimum Gasteiger partial charge on any atom is -0.462 e. The molecule has 4 rings (SSSR count). The molecule has 1 aliphatic rings. The van der Waals surface area contributed by atoms with Crippen molar-refractivity contribution in [3.63, 3.8) is 0 Å². The van der Waals surface area contributed by atoms with E-state index in [1.54, 1.807) is 32.0 Å². The summed E-state index contributed by atoms with van der Waals surface area (Å²) in [6.45, 7) is 3.96. The van der Waals surface area contributed by atoms with Crippen LogP contribution >= 0.6 is 7.75 Å². The van der Waals surface area contributed by atoms with E-state index in [0.717, 1.165) is 24.6 Å². The van der Waals surface area contributed by atoms with Gasteiger partial charge in [-0.15, -0.1) is 0 Å². The third-order valence-corrected chi connectivity index (χ3v) is 7.90. The van der Waals surface area contributed by atoms with E-state index in [1.807, 2.05) is 17.1 Å². The van der Waals surface area contributed by atoms with Gasteiger partial charge in [0.15, 0.2) is 18.0 Å². The number of halogens is 2. The molecule has 3 N–H and O–H groups in total. The van der Waals surface area contributed by atoms with E-state index < -0.39 is 67.6 Å². The van der Waals surface area contributed by atoms with Crippen molar-refractivity contribution in [1.29, 1.82) is 0 Å². The number of alkyl halides is 2. The van der Waals surface area contributed by atoms with Gasteiger partial charge in [0.1, 0.15) is 18.4 Å². The summed E-state index contributed by atoms with van der Waals surface area (Å²) in [5.41, 5.74) is -4.82. The second kappa shape index (κ2) is 11.5. The second-order valence-corrected chi connectivity index (χ2v) is 11.7. The molecule has 0 amide bonds. The van der Waals surface area contributed by atoms with Crippen molar-refractivity contribution < 1.29 is 41.8 Å². The number of carbonyl (C=O) groups excluding carboxylic acids is 1. The number of carbonyl (C=O) groups is 1. The van der Waals surface area contributed by atoms with Gasteiger partial charge in [0, 0.05) is 12.3 Å². The first-order valence-corrected chi connectivity index (χ1v) is 14.1. The van der Waals surface area contributed by atoms with Crippen LogP contribution in [-0.4, -0.2) is 57.0 Å². The topological polar surface area (TPSA) is 158 Å². The number of hydrogen-bond donors (Lipinski definition) is 3. The fourth-order valence-electron chi connectivity index (χ4n) is 4.23. The molecule has 6 atom stereocenters. The van der Waals surface area contributed by atoms with Gasteiger partial charge in [-0.2, -0.15) is 5.09 Å². The molecule has 0 spiro atoms.